The first-order valence-electron chi connectivity index (χ1n) is 6.23. The van der Waals surface area contributed by atoms with Crippen molar-refractivity contribution in [2.24, 2.45) is 0 Å². The van der Waals surface area contributed by atoms with Crippen molar-refractivity contribution in [2.75, 3.05) is 5.73 Å². The number of nitrogens with zero attached hydrogens (tertiary/aromatic N) is 2. The van der Waals surface area contributed by atoms with Crippen LogP contribution in [-0.2, 0) is 0 Å². The third-order valence-electron chi connectivity index (χ3n) is 3.59. The van der Waals surface area contributed by atoms with E-state index in [1.54, 1.807) is 6.33 Å². The highest BCUT2D eigenvalue weighted by molar-refractivity contribution is 6.07. The molecule has 18 heavy (non-hydrogen) atoms. The van der Waals surface area contributed by atoms with Gasteiger partial charge in [-0.1, -0.05) is 26.0 Å². The van der Waals surface area contributed by atoms with Crippen LogP contribution in [0.1, 0.15) is 31.7 Å². The van der Waals surface area contributed by atoms with Crippen LogP contribution in [0.2, 0.25) is 0 Å². The maximum absolute atomic E-state index is 5.93. The fourth-order valence-corrected chi connectivity index (χ4v) is 2.42. The molecular weight excluding hydrogens is 224 g/mol. The van der Waals surface area contributed by atoms with Crippen LogP contribution in [0.25, 0.3) is 21.9 Å². The Morgan fingerprint density at radius 3 is 3.00 bits per heavy atom. The molecule has 0 bridgehead atoms. The van der Waals surface area contributed by atoms with Gasteiger partial charge in [0.15, 0.2) is 5.82 Å². The topological polar surface area (TPSA) is 67.6 Å². The summed E-state index contributed by atoms with van der Waals surface area (Å²) in [5, 5.41) is 1.15. The molecule has 4 heteroatoms. The van der Waals surface area contributed by atoms with Gasteiger partial charge in [-0.25, -0.2) is 9.97 Å². The number of nitrogens with one attached hydrogen (secondary N) is 1. The lowest BCUT2D eigenvalue weighted by Gasteiger charge is -2.13. The second-order valence-electron chi connectivity index (χ2n) is 4.67. The Bertz CT molecular complexity index is 714. The molecule has 0 aliphatic heterocycles. The number of nitrogen functional groups attached to an aromatic ring is 1. The van der Waals surface area contributed by atoms with Crippen molar-refractivity contribution in [2.45, 2.75) is 26.2 Å². The Labute approximate surface area is 105 Å². The lowest BCUT2D eigenvalue weighted by atomic mass is 9.94. The van der Waals surface area contributed by atoms with E-state index in [9.17, 15) is 0 Å². The number of imidazole rings is 1. The molecular formula is C14H16N4. The van der Waals surface area contributed by atoms with Crippen molar-refractivity contribution in [3.63, 3.8) is 0 Å². The standard InChI is InChI=1S/C14H16N4/c1-3-8(2)9-5-4-6-10-11(9)12-13(14(15)18-10)17-7-16-12/h4-8H,3H2,1-2H3,(H2,15,18)(H,16,17). The molecule has 0 spiro atoms. The Morgan fingerprint density at radius 2 is 2.22 bits per heavy atom. The van der Waals surface area contributed by atoms with Gasteiger partial charge in [0.25, 0.3) is 0 Å². The predicted octanol–water partition coefficient (Wildman–Crippen LogP) is 3.21. The van der Waals surface area contributed by atoms with Gasteiger partial charge in [-0.15, -0.1) is 0 Å². The first-order valence-corrected chi connectivity index (χ1v) is 6.23. The molecule has 1 aromatic carbocycles. The van der Waals surface area contributed by atoms with Gasteiger partial charge in [-0.05, 0) is 24.0 Å². The van der Waals surface area contributed by atoms with E-state index >= 15 is 0 Å². The largest absolute Gasteiger partial charge is 0.382 e. The monoisotopic (exact) mass is 240 g/mol. The molecule has 1 unspecified atom stereocenters. The highest BCUT2D eigenvalue weighted by atomic mass is 14.9. The summed E-state index contributed by atoms with van der Waals surface area (Å²) in [5.74, 6) is 0.977. The van der Waals surface area contributed by atoms with Crippen molar-refractivity contribution in [3.8, 4) is 0 Å². The first-order chi connectivity index (χ1) is 8.72. The van der Waals surface area contributed by atoms with Gasteiger partial charge >= 0.3 is 0 Å². The molecule has 0 radical (unpaired) electrons. The minimum Gasteiger partial charge on any atom is -0.382 e. The summed E-state index contributed by atoms with van der Waals surface area (Å²) >= 11 is 0. The fourth-order valence-electron chi connectivity index (χ4n) is 2.42. The highest BCUT2D eigenvalue weighted by Crippen LogP contribution is 2.32. The van der Waals surface area contributed by atoms with Crippen LogP contribution in [0, 0.1) is 0 Å². The molecule has 0 aliphatic carbocycles. The number of fused-ring (bicyclic) bond motifs is 3. The van der Waals surface area contributed by atoms with E-state index in [4.69, 9.17) is 5.73 Å². The Morgan fingerprint density at radius 1 is 1.39 bits per heavy atom. The molecule has 3 aromatic rings. The van der Waals surface area contributed by atoms with Crippen LogP contribution in [0.15, 0.2) is 24.5 Å². The summed E-state index contributed by atoms with van der Waals surface area (Å²) in [6.45, 7) is 4.42. The number of nitrogens with two attached hydrogens (primary N) is 1. The van der Waals surface area contributed by atoms with E-state index in [0.29, 0.717) is 11.7 Å². The number of benzene rings is 1. The first kappa shape index (κ1) is 11.0. The van der Waals surface area contributed by atoms with Crippen molar-refractivity contribution < 1.29 is 0 Å². The van der Waals surface area contributed by atoms with Crippen LogP contribution < -0.4 is 5.73 Å². The third kappa shape index (κ3) is 1.45. The number of hydrogen-bond acceptors (Lipinski definition) is 3. The second-order valence-corrected chi connectivity index (χ2v) is 4.67. The minimum atomic E-state index is 0.486. The molecule has 0 amide bonds. The lowest BCUT2D eigenvalue weighted by Crippen LogP contribution is -1.98. The molecule has 1 atom stereocenters. The zero-order valence-electron chi connectivity index (χ0n) is 10.6. The number of H-pyrrole nitrogens is 1. The number of pyridine rings is 1. The van der Waals surface area contributed by atoms with Gasteiger partial charge in [-0.3, -0.25) is 0 Å². The molecule has 3 rings (SSSR count). The smallest absolute Gasteiger partial charge is 0.152 e. The van der Waals surface area contributed by atoms with Crippen LogP contribution in [0.4, 0.5) is 5.82 Å². The van der Waals surface area contributed by atoms with Crippen molar-refractivity contribution in [3.05, 3.63) is 30.1 Å². The molecule has 4 nitrogen and oxygen atoms in total. The zero-order chi connectivity index (χ0) is 12.7. The molecule has 0 saturated carbocycles. The summed E-state index contributed by atoms with van der Waals surface area (Å²) in [5.41, 5.74) is 9.92. The number of anilines is 1. The highest BCUT2D eigenvalue weighted by Gasteiger charge is 2.14. The zero-order valence-corrected chi connectivity index (χ0v) is 10.6. The van der Waals surface area contributed by atoms with Gasteiger partial charge in [0.2, 0.25) is 0 Å². The number of aromatic amines is 1. The second kappa shape index (κ2) is 3.98. The van der Waals surface area contributed by atoms with Gasteiger partial charge < -0.3 is 10.7 Å². The van der Waals surface area contributed by atoms with Gasteiger partial charge in [0.1, 0.15) is 5.52 Å². The Kier molecular flexibility index (Phi) is 2.44. The molecule has 0 fully saturated rings. The van der Waals surface area contributed by atoms with Crippen LogP contribution in [0.3, 0.4) is 0 Å². The Hall–Kier alpha value is -2.10. The van der Waals surface area contributed by atoms with Crippen molar-refractivity contribution >= 4 is 27.8 Å². The van der Waals surface area contributed by atoms with E-state index in [2.05, 4.69) is 34.9 Å². The molecule has 92 valence electrons. The average Bonchev–Trinajstić information content (AvgIpc) is 2.87. The van der Waals surface area contributed by atoms with Crippen molar-refractivity contribution in [1.29, 1.82) is 0 Å². The summed E-state index contributed by atoms with van der Waals surface area (Å²) in [6, 6.07) is 6.20. The normalized spacial score (nSPS) is 13.2. The maximum atomic E-state index is 5.93. The number of aromatic nitrogens is 3. The summed E-state index contributed by atoms with van der Waals surface area (Å²) in [4.78, 5) is 11.9. The van der Waals surface area contributed by atoms with Gasteiger partial charge in [-0.2, -0.15) is 0 Å². The van der Waals surface area contributed by atoms with Gasteiger partial charge in [0.05, 0.1) is 17.4 Å². The quantitative estimate of drug-likeness (QED) is 0.722. The lowest BCUT2D eigenvalue weighted by molar-refractivity contribution is 0.740. The molecule has 2 heterocycles. The van der Waals surface area contributed by atoms with E-state index in [0.717, 1.165) is 28.4 Å². The Balaban J connectivity index is 2.48. The van der Waals surface area contributed by atoms with E-state index in [-0.39, 0.29) is 0 Å². The van der Waals surface area contributed by atoms with Crippen LogP contribution in [-0.4, -0.2) is 15.0 Å². The number of rotatable bonds is 2. The molecule has 0 aliphatic rings. The van der Waals surface area contributed by atoms with Gasteiger partial charge in [0, 0.05) is 5.39 Å². The maximum Gasteiger partial charge on any atom is 0.152 e. The van der Waals surface area contributed by atoms with Crippen molar-refractivity contribution in [1.82, 2.24) is 15.0 Å². The number of hydrogen-bond donors (Lipinski definition) is 2. The van der Waals surface area contributed by atoms with Crippen LogP contribution in [0.5, 0.6) is 0 Å². The summed E-state index contributed by atoms with van der Waals surface area (Å²) in [6.07, 6.45) is 2.77. The molecule has 0 saturated heterocycles. The summed E-state index contributed by atoms with van der Waals surface area (Å²) in [7, 11) is 0. The third-order valence-corrected chi connectivity index (χ3v) is 3.59. The van der Waals surface area contributed by atoms with E-state index in [1.807, 2.05) is 12.1 Å². The van der Waals surface area contributed by atoms with E-state index in [1.165, 1.54) is 5.56 Å². The van der Waals surface area contributed by atoms with E-state index < -0.39 is 0 Å². The molecule has 2 aromatic heterocycles. The fraction of sp³-hybridized carbons (Fsp3) is 0.286. The van der Waals surface area contributed by atoms with Crippen LogP contribution >= 0.6 is 0 Å². The SMILES string of the molecule is CCC(C)c1cccc2nc(N)c3nc[nH]c3c12. The average molecular weight is 240 g/mol. The molecule has 3 N–H and O–H groups in total. The predicted molar refractivity (Wildman–Crippen MR) is 74.5 cm³/mol. The minimum absolute atomic E-state index is 0.486. The summed E-state index contributed by atoms with van der Waals surface area (Å²) < 4.78 is 0.